The first kappa shape index (κ1) is 20.3. The van der Waals surface area contributed by atoms with Crippen LogP contribution in [0.4, 0.5) is 0 Å². The fraction of sp³-hybridized carbons (Fsp3) is 0.409. The monoisotopic (exact) mass is 399 g/mol. The summed E-state index contributed by atoms with van der Waals surface area (Å²) in [6.07, 6.45) is 0.293. The molecular formula is C22H25NO4S. The van der Waals surface area contributed by atoms with Crippen molar-refractivity contribution in [2.75, 3.05) is 13.1 Å². The van der Waals surface area contributed by atoms with Gasteiger partial charge in [-0.1, -0.05) is 18.2 Å². The first-order valence-corrected chi connectivity index (χ1v) is 10.4. The van der Waals surface area contributed by atoms with E-state index in [1.165, 1.54) is 11.3 Å². The summed E-state index contributed by atoms with van der Waals surface area (Å²) in [5.74, 6) is -0.808. The Kier molecular flexibility index (Phi) is 6.29. The highest BCUT2D eigenvalue weighted by Crippen LogP contribution is 2.23. The Labute approximate surface area is 169 Å². The zero-order chi connectivity index (χ0) is 20.3. The summed E-state index contributed by atoms with van der Waals surface area (Å²) in [5, 5.41) is 1.88. The molecule has 1 amide bonds. The van der Waals surface area contributed by atoms with Crippen LogP contribution in [0.3, 0.4) is 0 Å². The van der Waals surface area contributed by atoms with Crippen LogP contribution in [0.5, 0.6) is 0 Å². The van der Waals surface area contributed by atoms with Gasteiger partial charge < -0.3 is 9.64 Å². The van der Waals surface area contributed by atoms with Crippen LogP contribution in [-0.2, 0) is 9.53 Å². The molecule has 1 aromatic heterocycles. The van der Waals surface area contributed by atoms with Crippen molar-refractivity contribution >= 4 is 29.0 Å². The van der Waals surface area contributed by atoms with Gasteiger partial charge in [0.2, 0.25) is 5.78 Å². The third kappa shape index (κ3) is 4.50. The lowest BCUT2D eigenvalue weighted by molar-refractivity contribution is -0.152. The lowest BCUT2D eigenvalue weighted by atomic mass is 9.96. The SMILES string of the molecule is Cc1ccc(C(=O)[C@@H](C)OC(=O)C2CCN(C(=O)c3cccs3)CC2)cc1C. The molecule has 1 atom stereocenters. The molecule has 6 heteroatoms. The minimum absolute atomic E-state index is 0.0140. The number of thiophene rings is 1. The molecule has 1 saturated heterocycles. The van der Waals surface area contributed by atoms with Crippen molar-refractivity contribution < 1.29 is 19.1 Å². The predicted molar refractivity (Wildman–Crippen MR) is 109 cm³/mol. The number of benzene rings is 1. The van der Waals surface area contributed by atoms with Crippen LogP contribution in [0.1, 0.15) is 50.9 Å². The van der Waals surface area contributed by atoms with Gasteiger partial charge in [-0.2, -0.15) is 0 Å². The van der Waals surface area contributed by atoms with Gasteiger partial charge in [0, 0.05) is 18.7 Å². The number of nitrogens with zero attached hydrogens (tertiary/aromatic N) is 1. The zero-order valence-corrected chi connectivity index (χ0v) is 17.3. The summed E-state index contributed by atoms with van der Waals surface area (Å²) in [6, 6.07) is 9.17. The molecule has 3 rings (SSSR count). The number of esters is 1. The van der Waals surface area contributed by atoms with Crippen molar-refractivity contribution in [3.8, 4) is 0 Å². The average molecular weight is 400 g/mol. The Balaban J connectivity index is 1.53. The van der Waals surface area contributed by atoms with Crippen LogP contribution in [0.2, 0.25) is 0 Å². The Morgan fingerprint density at radius 1 is 1.11 bits per heavy atom. The molecule has 148 valence electrons. The molecule has 28 heavy (non-hydrogen) atoms. The molecular weight excluding hydrogens is 374 g/mol. The average Bonchev–Trinajstić information content (AvgIpc) is 3.23. The molecule has 0 saturated carbocycles. The van der Waals surface area contributed by atoms with Crippen molar-refractivity contribution in [3.63, 3.8) is 0 Å². The third-order valence-electron chi connectivity index (χ3n) is 5.30. The summed E-state index contributed by atoms with van der Waals surface area (Å²) < 4.78 is 5.45. The molecule has 1 aliphatic heterocycles. The van der Waals surface area contributed by atoms with Gasteiger partial charge in [-0.3, -0.25) is 14.4 Å². The summed E-state index contributed by atoms with van der Waals surface area (Å²) in [5.41, 5.74) is 2.71. The topological polar surface area (TPSA) is 63.7 Å². The minimum Gasteiger partial charge on any atom is -0.454 e. The van der Waals surface area contributed by atoms with Gasteiger partial charge in [0.1, 0.15) is 0 Å². The maximum absolute atomic E-state index is 12.6. The van der Waals surface area contributed by atoms with E-state index in [0.717, 1.165) is 11.1 Å². The second kappa shape index (κ2) is 8.69. The fourth-order valence-electron chi connectivity index (χ4n) is 3.33. The number of carbonyl (C=O) groups is 3. The largest absolute Gasteiger partial charge is 0.454 e. The maximum Gasteiger partial charge on any atom is 0.309 e. The standard InChI is InChI=1S/C22H25NO4S/c1-14-6-7-18(13-15(14)2)20(24)16(3)27-22(26)17-8-10-23(11-9-17)21(25)19-5-4-12-28-19/h4-7,12-13,16-17H,8-11H2,1-3H3/t16-/m1/s1. The van der Waals surface area contributed by atoms with Crippen LogP contribution in [-0.4, -0.2) is 41.8 Å². The van der Waals surface area contributed by atoms with Gasteiger partial charge in [-0.25, -0.2) is 0 Å². The summed E-state index contributed by atoms with van der Waals surface area (Å²) in [4.78, 5) is 39.9. The van der Waals surface area contributed by atoms with E-state index in [2.05, 4.69) is 0 Å². The Bertz CT molecular complexity index is 867. The maximum atomic E-state index is 12.6. The van der Waals surface area contributed by atoms with E-state index < -0.39 is 6.10 Å². The van der Waals surface area contributed by atoms with E-state index in [-0.39, 0.29) is 23.6 Å². The number of hydrogen-bond donors (Lipinski definition) is 0. The number of rotatable bonds is 5. The summed E-state index contributed by atoms with van der Waals surface area (Å²) >= 11 is 1.42. The normalized spacial score (nSPS) is 15.9. The highest BCUT2D eigenvalue weighted by atomic mass is 32.1. The van der Waals surface area contributed by atoms with Crippen LogP contribution >= 0.6 is 11.3 Å². The first-order chi connectivity index (χ1) is 13.4. The quantitative estimate of drug-likeness (QED) is 0.562. The van der Waals surface area contributed by atoms with Crippen LogP contribution < -0.4 is 0 Å². The van der Waals surface area contributed by atoms with Crippen LogP contribution in [0, 0.1) is 19.8 Å². The number of piperidine rings is 1. The number of ether oxygens (including phenoxy) is 1. The zero-order valence-electron chi connectivity index (χ0n) is 16.4. The van der Waals surface area contributed by atoms with E-state index >= 15 is 0 Å². The van der Waals surface area contributed by atoms with E-state index in [1.807, 2.05) is 43.5 Å². The van der Waals surface area contributed by atoms with Crippen LogP contribution in [0.25, 0.3) is 0 Å². The highest BCUT2D eigenvalue weighted by Gasteiger charge is 2.31. The second-order valence-electron chi connectivity index (χ2n) is 7.29. The molecule has 2 aromatic rings. The Morgan fingerprint density at radius 3 is 2.43 bits per heavy atom. The first-order valence-electron chi connectivity index (χ1n) is 9.51. The Morgan fingerprint density at radius 2 is 1.82 bits per heavy atom. The number of carbonyl (C=O) groups excluding carboxylic acids is 3. The van der Waals surface area contributed by atoms with Gasteiger partial charge in [-0.05, 0) is 62.3 Å². The lowest BCUT2D eigenvalue weighted by Crippen LogP contribution is -2.41. The smallest absolute Gasteiger partial charge is 0.309 e. The van der Waals surface area contributed by atoms with Crippen molar-refractivity contribution in [2.45, 2.75) is 39.7 Å². The van der Waals surface area contributed by atoms with E-state index in [0.29, 0.717) is 36.4 Å². The van der Waals surface area contributed by atoms with Crippen molar-refractivity contribution in [1.82, 2.24) is 4.90 Å². The molecule has 0 aliphatic carbocycles. The lowest BCUT2D eigenvalue weighted by Gasteiger charge is -2.31. The highest BCUT2D eigenvalue weighted by molar-refractivity contribution is 7.12. The number of amides is 1. The summed E-state index contributed by atoms with van der Waals surface area (Å²) in [7, 11) is 0. The number of likely N-dealkylation sites (tertiary alicyclic amines) is 1. The molecule has 5 nitrogen and oxygen atoms in total. The number of ketones is 1. The van der Waals surface area contributed by atoms with Crippen molar-refractivity contribution in [2.24, 2.45) is 5.92 Å². The second-order valence-corrected chi connectivity index (χ2v) is 8.23. The van der Waals surface area contributed by atoms with Crippen LogP contribution in [0.15, 0.2) is 35.7 Å². The van der Waals surface area contributed by atoms with Gasteiger partial charge in [-0.15, -0.1) is 11.3 Å². The molecule has 0 N–H and O–H groups in total. The molecule has 1 fully saturated rings. The van der Waals surface area contributed by atoms with Gasteiger partial charge in [0.15, 0.2) is 6.10 Å². The molecule has 1 aromatic carbocycles. The van der Waals surface area contributed by atoms with Crippen molar-refractivity contribution in [3.05, 3.63) is 57.3 Å². The van der Waals surface area contributed by atoms with E-state index in [1.54, 1.807) is 17.9 Å². The molecule has 2 heterocycles. The molecule has 0 radical (unpaired) electrons. The van der Waals surface area contributed by atoms with E-state index in [4.69, 9.17) is 4.74 Å². The molecule has 0 spiro atoms. The number of hydrogen-bond acceptors (Lipinski definition) is 5. The van der Waals surface area contributed by atoms with Crippen molar-refractivity contribution in [1.29, 1.82) is 0 Å². The minimum atomic E-state index is -0.819. The molecule has 0 bridgehead atoms. The molecule has 1 aliphatic rings. The van der Waals surface area contributed by atoms with Gasteiger partial charge >= 0.3 is 5.97 Å². The third-order valence-corrected chi connectivity index (χ3v) is 6.16. The molecule has 0 unspecified atom stereocenters. The fourth-order valence-corrected chi connectivity index (χ4v) is 4.02. The summed E-state index contributed by atoms with van der Waals surface area (Å²) in [6.45, 7) is 6.60. The number of Topliss-reactive ketones (excluding diaryl/α,β-unsaturated/α-hetero) is 1. The van der Waals surface area contributed by atoms with Gasteiger partial charge in [0.25, 0.3) is 5.91 Å². The number of aryl methyl sites for hydroxylation is 2. The van der Waals surface area contributed by atoms with E-state index in [9.17, 15) is 14.4 Å². The Hall–Kier alpha value is -2.47. The van der Waals surface area contributed by atoms with Gasteiger partial charge in [0.05, 0.1) is 10.8 Å². The predicted octanol–water partition coefficient (Wildman–Crippen LogP) is 4.03.